The maximum atomic E-state index is 11.1. The van der Waals surface area contributed by atoms with Gasteiger partial charge in [0.2, 0.25) is 0 Å². The Balaban J connectivity index is 3.18. The Hall–Kier alpha value is -0.130. The van der Waals surface area contributed by atoms with E-state index in [0.29, 0.717) is 0 Å². The van der Waals surface area contributed by atoms with Gasteiger partial charge >= 0.3 is 0 Å². The molecule has 0 heterocycles. The molecule has 0 spiro atoms. The molecular formula is C8H11BrO3S. The van der Waals surface area contributed by atoms with Gasteiger partial charge in [-0.3, -0.25) is 4.55 Å². The molecule has 0 saturated carbocycles. The van der Waals surface area contributed by atoms with Crippen LogP contribution < -0.4 is 0 Å². The van der Waals surface area contributed by atoms with Crippen LogP contribution in [0, 0.1) is 0 Å². The van der Waals surface area contributed by atoms with Crippen molar-refractivity contribution in [3.8, 4) is 0 Å². The molecule has 0 bridgehead atoms. The molecular weight excluding hydrogens is 256 g/mol. The maximum Gasteiger partial charge on any atom is 0.275 e. The molecule has 13 heavy (non-hydrogen) atoms. The monoisotopic (exact) mass is 266 g/mol. The fraction of sp³-hybridized carbons (Fsp3) is 0.500. The number of alkyl halides is 1. The van der Waals surface area contributed by atoms with Crippen molar-refractivity contribution in [1.82, 2.24) is 0 Å². The van der Waals surface area contributed by atoms with Gasteiger partial charge in [0, 0.05) is 0 Å². The van der Waals surface area contributed by atoms with Crippen molar-refractivity contribution >= 4 is 26.0 Å². The van der Waals surface area contributed by atoms with Gasteiger partial charge in [-0.25, -0.2) is 0 Å². The SMILES string of the molecule is CC1=CC(Br)C(C)(S(=O)(=O)O)C=C1. The van der Waals surface area contributed by atoms with Crippen LogP contribution in [-0.4, -0.2) is 22.5 Å². The smallest absolute Gasteiger partial charge is 0.275 e. The molecule has 0 aromatic rings. The van der Waals surface area contributed by atoms with Crippen LogP contribution in [0.25, 0.3) is 0 Å². The molecule has 0 aliphatic heterocycles. The molecule has 74 valence electrons. The third-order valence-electron chi connectivity index (χ3n) is 2.19. The van der Waals surface area contributed by atoms with Gasteiger partial charge < -0.3 is 0 Å². The lowest BCUT2D eigenvalue weighted by Crippen LogP contribution is -2.42. The quantitative estimate of drug-likeness (QED) is 0.583. The van der Waals surface area contributed by atoms with Gasteiger partial charge in [-0.1, -0.05) is 39.7 Å². The van der Waals surface area contributed by atoms with Crippen LogP contribution in [0.4, 0.5) is 0 Å². The summed E-state index contributed by atoms with van der Waals surface area (Å²) in [5.74, 6) is 0. The van der Waals surface area contributed by atoms with E-state index in [1.165, 1.54) is 13.0 Å². The molecule has 0 fully saturated rings. The molecule has 2 atom stereocenters. The second-order valence-electron chi connectivity index (χ2n) is 3.30. The molecule has 0 saturated heterocycles. The third-order valence-corrected chi connectivity index (χ3v) is 5.21. The number of hydrogen-bond donors (Lipinski definition) is 1. The summed E-state index contributed by atoms with van der Waals surface area (Å²) in [6, 6.07) is 0. The lowest BCUT2D eigenvalue weighted by Gasteiger charge is -2.29. The van der Waals surface area contributed by atoms with Crippen LogP contribution in [0.15, 0.2) is 23.8 Å². The minimum Gasteiger partial charge on any atom is -0.285 e. The van der Waals surface area contributed by atoms with Crippen molar-refractivity contribution in [2.24, 2.45) is 0 Å². The largest absolute Gasteiger partial charge is 0.285 e. The molecule has 1 N–H and O–H groups in total. The van der Waals surface area contributed by atoms with E-state index >= 15 is 0 Å². The summed E-state index contributed by atoms with van der Waals surface area (Å²) < 4.78 is 29.9. The highest BCUT2D eigenvalue weighted by molar-refractivity contribution is 9.09. The first kappa shape index (κ1) is 10.9. The first-order valence-corrected chi connectivity index (χ1v) is 6.12. The number of allylic oxidation sites excluding steroid dienone is 3. The summed E-state index contributed by atoms with van der Waals surface area (Å²) in [5, 5.41) is 0. The topological polar surface area (TPSA) is 54.4 Å². The summed E-state index contributed by atoms with van der Waals surface area (Å²) in [5.41, 5.74) is 0.975. The normalized spacial score (nSPS) is 34.5. The van der Waals surface area contributed by atoms with Crippen LogP contribution in [0.1, 0.15) is 13.8 Å². The Morgan fingerprint density at radius 1 is 1.62 bits per heavy atom. The van der Waals surface area contributed by atoms with E-state index in [1.54, 1.807) is 12.2 Å². The van der Waals surface area contributed by atoms with Crippen LogP contribution >= 0.6 is 15.9 Å². The minimum absolute atomic E-state index is 0.389. The first-order chi connectivity index (χ1) is 5.77. The van der Waals surface area contributed by atoms with Crippen molar-refractivity contribution in [3.63, 3.8) is 0 Å². The second kappa shape index (κ2) is 3.22. The zero-order valence-electron chi connectivity index (χ0n) is 7.36. The van der Waals surface area contributed by atoms with E-state index in [0.717, 1.165) is 5.57 Å². The van der Waals surface area contributed by atoms with Gasteiger partial charge in [0.05, 0.1) is 4.83 Å². The molecule has 1 rings (SSSR count). The number of rotatable bonds is 1. The molecule has 0 radical (unpaired) electrons. The summed E-state index contributed by atoms with van der Waals surface area (Å²) in [6.45, 7) is 3.34. The predicted octanol–water partition coefficient (Wildman–Crippen LogP) is 1.91. The molecule has 3 nitrogen and oxygen atoms in total. The zero-order chi connectivity index (χ0) is 10.3. The van der Waals surface area contributed by atoms with Crippen molar-refractivity contribution in [2.75, 3.05) is 0 Å². The molecule has 2 unspecified atom stereocenters. The standard InChI is InChI=1S/C8H11BrO3S/c1-6-3-4-8(2,7(9)5-6)13(10,11)12/h3-5,7H,1-2H3,(H,10,11,12). The highest BCUT2D eigenvalue weighted by atomic mass is 79.9. The lowest BCUT2D eigenvalue weighted by molar-refractivity contribution is 0.455. The van der Waals surface area contributed by atoms with Gasteiger partial charge in [0.25, 0.3) is 10.1 Å². The molecule has 0 amide bonds. The maximum absolute atomic E-state index is 11.1. The first-order valence-electron chi connectivity index (χ1n) is 3.76. The Kier molecular flexibility index (Phi) is 2.71. The van der Waals surface area contributed by atoms with E-state index < -0.39 is 14.9 Å². The highest BCUT2D eigenvalue weighted by Crippen LogP contribution is 2.33. The van der Waals surface area contributed by atoms with E-state index in [1.807, 2.05) is 6.92 Å². The van der Waals surface area contributed by atoms with Gasteiger partial charge in [-0.05, 0) is 13.8 Å². The van der Waals surface area contributed by atoms with Gasteiger partial charge in [0.15, 0.2) is 0 Å². The zero-order valence-corrected chi connectivity index (χ0v) is 9.76. The summed E-state index contributed by atoms with van der Waals surface area (Å²) in [7, 11) is -4.08. The van der Waals surface area contributed by atoms with E-state index in [-0.39, 0.29) is 4.83 Å². The third kappa shape index (κ3) is 1.87. The van der Waals surface area contributed by atoms with Gasteiger partial charge in [-0.2, -0.15) is 8.42 Å². The van der Waals surface area contributed by atoms with Crippen molar-refractivity contribution in [2.45, 2.75) is 23.4 Å². The van der Waals surface area contributed by atoms with Gasteiger partial charge in [0.1, 0.15) is 4.75 Å². The Morgan fingerprint density at radius 3 is 2.54 bits per heavy atom. The van der Waals surface area contributed by atoms with Crippen LogP contribution in [0.2, 0.25) is 0 Å². The van der Waals surface area contributed by atoms with Crippen LogP contribution in [0.5, 0.6) is 0 Å². The molecule has 0 aromatic carbocycles. The van der Waals surface area contributed by atoms with Crippen LogP contribution in [0.3, 0.4) is 0 Å². The summed E-state index contributed by atoms with van der Waals surface area (Å²) in [4.78, 5) is -0.389. The fourth-order valence-corrected chi connectivity index (χ4v) is 2.94. The molecule has 0 aromatic heterocycles. The molecule has 5 heteroatoms. The Morgan fingerprint density at radius 2 is 2.15 bits per heavy atom. The Labute approximate surface area is 86.4 Å². The fourth-order valence-electron chi connectivity index (χ4n) is 1.07. The Bertz CT molecular complexity index is 369. The average molecular weight is 267 g/mol. The van der Waals surface area contributed by atoms with E-state index in [2.05, 4.69) is 15.9 Å². The van der Waals surface area contributed by atoms with Crippen molar-refractivity contribution < 1.29 is 13.0 Å². The predicted molar refractivity (Wildman–Crippen MR) is 55.6 cm³/mol. The van der Waals surface area contributed by atoms with Crippen molar-refractivity contribution in [1.29, 1.82) is 0 Å². The molecule has 1 aliphatic carbocycles. The number of halogens is 1. The molecule has 1 aliphatic rings. The lowest BCUT2D eigenvalue weighted by atomic mass is 9.98. The summed E-state index contributed by atoms with van der Waals surface area (Å²) >= 11 is 3.22. The summed E-state index contributed by atoms with van der Waals surface area (Å²) in [6.07, 6.45) is 4.94. The second-order valence-corrected chi connectivity index (χ2v) is 6.12. The van der Waals surface area contributed by atoms with Crippen LogP contribution in [-0.2, 0) is 10.1 Å². The van der Waals surface area contributed by atoms with Crippen molar-refractivity contribution in [3.05, 3.63) is 23.8 Å². The average Bonchev–Trinajstić information content (AvgIpc) is 1.95. The van der Waals surface area contributed by atoms with Gasteiger partial charge in [-0.15, -0.1) is 0 Å². The number of hydrogen-bond acceptors (Lipinski definition) is 2. The van der Waals surface area contributed by atoms with E-state index in [4.69, 9.17) is 4.55 Å². The minimum atomic E-state index is -4.08. The van der Waals surface area contributed by atoms with E-state index in [9.17, 15) is 8.42 Å². The highest BCUT2D eigenvalue weighted by Gasteiger charge is 2.42.